The molecule has 158 valence electrons. The molecule has 1 heterocycles. The molecular weight excluding hydrogens is 392 g/mol. The first-order chi connectivity index (χ1) is 14.4. The van der Waals surface area contributed by atoms with Crippen molar-refractivity contribution in [3.05, 3.63) is 82.4 Å². The van der Waals surface area contributed by atoms with Gasteiger partial charge in [-0.1, -0.05) is 30.3 Å². The maximum absolute atomic E-state index is 10.7. The van der Waals surface area contributed by atoms with Crippen molar-refractivity contribution in [2.45, 2.75) is 18.4 Å². The van der Waals surface area contributed by atoms with Crippen LogP contribution in [0.4, 0.5) is 5.69 Å². The van der Waals surface area contributed by atoms with Gasteiger partial charge in [-0.2, -0.15) is 0 Å². The zero-order valence-corrected chi connectivity index (χ0v) is 16.0. The van der Waals surface area contributed by atoms with E-state index in [9.17, 15) is 19.7 Å². The summed E-state index contributed by atoms with van der Waals surface area (Å²) >= 11 is 0. The number of nitro benzene ring substituents is 1. The molecule has 2 aromatic carbocycles. The molecule has 0 bridgehead atoms. The van der Waals surface area contributed by atoms with Gasteiger partial charge in [0.15, 0.2) is 0 Å². The van der Waals surface area contributed by atoms with E-state index in [1.807, 2.05) is 18.2 Å². The Balaban J connectivity index is 0.000000343. The lowest BCUT2D eigenvalue weighted by Gasteiger charge is -2.32. The molecule has 0 amide bonds. The number of rotatable bonds is 6. The van der Waals surface area contributed by atoms with Crippen molar-refractivity contribution in [2.24, 2.45) is 0 Å². The monoisotopic (exact) mass is 414 g/mol. The molecular formula is C21H22N2O7. The minimum Gasteiger partial charge on any atom is -0.490 e. The first kappa shape index (κ1) is 22.6. The highest BCUT2D eigenvalue weighted by Crippen LogP contribution is 2.28. The van der Waals surface area contributed by atoms with Gasteiger partial charge >= 0.3 is 11.9 Å². The van der Waals surface area contributed by atoms with Gasteiger partial charge in [0.1, 0.15) is 11.9 Å². The van der Waals surface area contributed by atoms with Crippen LogP contribution in [0.1, 0.15) is 17.9 Å². The molecule has 0 spiro atoms. The number of non-ortho nitro benzene ring substituents is 1. The van der Waals surface area contributed by atoms with E-state index in [-0.39, 0.29) is 17.7 Å². The second kappa shape index (κ2) is 11.3. The van der Waals surface area contributed by atoms with Crippen molar-refractivity contribution in [2.75, 3.05) is 13.1 Å². The van der Waals surface area contributed by atoms with E-state index in [0.717, 1.165) is 19.5 Å². The summed E-state index contributed by atoms with van der Waals surface area (Å²) < 4.78 is 6.09. The van der Waals surface area contributed by atoms with E-state index >= 15 is 0 Å². The molecule has 2 aromatic rings. The molecule has 2 atom stereocenters. The topological polar surface area (TPSA) is 139 Å². The highest BCUT2D eigenvalue weighted by Gasteiger charge is 2.28. The minimum absolute atomic E-state index is 0.0742. The average molecular weight is 414 g/mol. The molecule has 9 nitrogen and oxygen atoms in total. The fourth-order valence-electron chi connectivity index (χ4n) is 2.97. The fourth-order valence-corrected chi connectivity index (χ4v) is 2.97. The summed E-state index contributed by atoms with van der Waals surface area (Å²) in [6.07, 6.45) is 2.10. The van der Waals surface area contributed by atoms with Crippen molar-refractivity contribution in [1.29, 1.82) is 0 Å². The van der Waals surface area contributed by atoms with Crippen LogP contribution in [0.2, 0.25) is 0 Å². The molecule has 0 radical (unpaired) electrons. The predicted octanol–water partition coefficient (Wildman–Crippen LogP) is 2.83. The summed E-state index contributed by atoms with van der Waals surface area (Å²) in [6.45, 7) is 1.79. The van der Waals surface area contributed by atoms with Crippen molar-refractivity contribution in [3.8, 4) is 5.75 Å². The third-order valence-corrected chi connectivity index (χ3v) is 4.35. The van der Waals surface area contributed by atoms with Crippen LogP contribution in [0.15, 0.2) is 66.7 Å². The molecule has 0 saturated carbocycles. The van der Waals surface area contributed by atoms with Crippen LogP contribution < -0.4 is 10.1 Å². The molecule has 0 unspecified atom stereocenters. The Hall–Kier alpha value is -3.72. The van der Waals surface area contributed by atoms with Crippen molar-refractivity contribution in [3.63, 3.8) is 0 Å². The Morgan fingerprint density at radius 2 is 1.63 bits per heavy atom. The first-order valence-corrected chi connectivity index (χ1v) is 9.17. The van der Waals surface area contributed by atoms with E-state index in [1.54, 1.807) is 12.1 Å². The Morgan fingerprint density at radius 1 is 1.03 bits per heavy atom. The lowest BCUT2D eigenvalue weighted by atomic mass is 9.89. The Bertz CT molecular complexity index is 866. The van der Waals surface area contributed by atoms with Crippen LogP contribution in [0.25, 0.3) is 0 Å². The summed E-state index contributed by atoms with van der Waals surface area (Å²) in [5.74, 6) is -1.55. The Kier molecular flexibility index (Phi) is 8.52. The van der Waals surface area contributed by atoms with Crippen LogP contribution in [0.5, 0.6) is 5.75 Å². The van der Waals surface area contributed by atoms with E-state index in [4.69, 9.17) is 14.9 Å². The Morgan fingerprint density at radius 3 is 2.17 bits per heavy atom. The molecule has 3 rings (SSSR count). The highest BCUT2D eigenvalue weighted by molar-refractivity contribution is 5.89. The van der Waals surface area contributed by atoms with E-state index < -0.39 is 16.9 Å². The molecule has 3 N–H and O–H groups in total. The number of benzene rings is 2. The van der Waals surface area contributed by atoms with Gasteiger partial charge in [-0.3, -0.25) is 10.1 Å². The summed E-state index contributed by atoms with van der Waals surface area (Å²) in [4.78, 5) is 29.4. The highest BCUT2D eigenvalue weighted by atomic mass is 16.6. The van der Waals surface area contributed by atoms with Crippen LogP contribution in [0, 0.1) is 10.1 Å². The predicted molar refractivity (Wildman–Crippen MR) is 109 cm³/mol. The second-order valence-corrected chi connectivity index (χ2v) is 6.43. The number of aliphatic carboxylic acids is 2. The molecule has 9 heteroatoms. The summed E-state index contributed by atoms with van der Waals surface area (Å²) in [6, 6.07) is 16.6. The van der Waals surface area contributed by atoms with Gasteiger partial charge in [0.2, 0.25) is 0 Å². The van der Waals surface area contributed by atoms with Gasteiger partial charge in [-0.15, -0.1) is 0 Å². The van der Waals surface area contributed by atoms with E-state index in [2.05, 4.69) is 17.4 Å². The maximum atomic E-state index is 10.7. The third-order valence-electron chi connectivity index (χ3n) is 4.35. The largest absolute Gasteiger partial charge is 0.490 e. The van der Waals surface area contributed by atoms with Gasteiger partial charge in [-0.25, -0.2) is 9.59 Å². The lowest BCUT2D eigenvalue weighted by molar-refractivity contribution is -0.384. The smallest absolute Gasteiger partial charge is 0.328 e. The van der Waals surface area contributed by atoms with Gasteiger partial charge in [-0.05, 0) is 30.7 Å². The number of piperidine rings is 1. The fraction of sp³-hybridized carbons (Fsp3) is 0.238. The van der Waals surface area contributed by atoms with Gasteiger partial charge in [0, 0.05) is 36.7 Å². The summed E-state index contributed by atoms with van der Waals surface area (Å²) in [5, 5.41) is 29.7. The van der Waals surface area contributed by atoms with Gasteiger partial charge in [0.25, 0.3) is 5.69 Å². The number of nitrogens with zero attached hydrogens (tertiary/aromatic N) is 1. The molecule has 1 aliphatic heterocycles. The van der Waals surface area contributed by atoms with Crippen molar-refractivity contribution < 1.29 is 29.5 Å². The third kappa shape index (κ3) is 7.36. The number of hydrogen-bond donors (Lipinski definition) is 3. The quantitative estimate of drug-likeness (QED) is 0.372. The molecule has 30 heavy (non-hydrogen) atoms. The number of nitrogens with one attached hydrogen (secondary N) is 1. The second-order valence-electron chi connectivity index (χ2n) is 6.43. The molecule has 0 aliphatic carbocycles. The van der Waals surface area contributed by atoms with Crippen LogP contribution in [-0.2, 0) is 9.59 Å². The summed E-state index contributed by atoms with van der Waals surface area (Å²) in [7, 11) is 0. The first-order valence-electron chi connectivity index (χ1n) is 9.17. The minimum atomic E-state index is -1.26. The number of hydrogen-bond acceptors (Lipinski definition) is 6. The molecule has 1 fully saturated rings. The zero-order chi connectivity index (χ0) is 21.9. The van der Waals surface area contributed by atoms with E-state index in [1.165, 1.54) is 17.7 Å². The standard InChI is InChI=1S/C17H18N2O3.C4H4O4/c20-19(21)14-6-8-15(9-7-14)22-17-10-11-18-12-16(17)13-4-2-1-3-5-13;5-3(6)1-2-4(7)8/h1-9,16-18H,10-12H2;1-2H,(H,5,6)(H,7,8)/t16-,17+;/m0./s1. The van der Waals surface area contributed by atoms with Crippen LogP contribution in [-0.4, -0.2) is 46.3 Å². The lowest BCUT2D eigenvalue weighted by Crippen LogP contribution is -2.41. The number of carbonyl (C=O) groups is 2. The number of ether oxygens (including phenoxy) is 1. The molecule has 1 aliphatic rings. The molecule has 0 aromatic heterocycles. The SMILES string of the molecule is O=C(O)C=CC(=O)O.O=[N+]([O-])c1ccc(O[C@@H]2CCNC[C@H]2c2ccccc2)cc1. The normalized spacial score (nSPS) is 18.1. The van der Waals surface area contributed by atoms with Crippen molar-refractivity contribution in [1.82, 2.24) is 5.32 Å². The van der Waals surface area contributed by atoms with Crippen LogP contribution in [0.3, 0.4) is 0 Å². The van der Waals surface area contributed by atoms with E-state index in [0.29, 0.717) is 17.9 Å². The number of nitro groups is 1. The Labute approximate surface area is 172 Å². The molecule has 1 saturated heterocycles. The van der Waals surface area contributed by atoms with Gasteiger partial charge < -0.3 is 20.3 Å². The number of carboxylic acids is 2. The maximum Gasteiger partial charge on any atom is 0.328 e. The van der Waals surface area contributed by atoms with Crippen LogP contribution >= 0.6 is 0 Å². The number of carboxylic acid groups (broad SMARTS) is 2. The van der Waals surface area contributed by atoms with Crippen molar-refractivity contribution >= 4 is 17.6 Å². The van der Waals surface area contributed by atoms with Gasteiger partial charge in [0.05, 0.1) is 4.92 Å². The zero-order valence-electron chi connectivity index (χ0n) is 16.0. The average Bonchev–Trinajstić information content (AvgIpc) is 2.74. The summed E-state index contributed by atoms with van der Waals surface area (Å²) in [5.41, 5.74) is 1.33.